The van der Waals surface area contributed by atoms with Crippen molar-refractivity contribution < 1.29 is 4.79 Å². The number of nitrogens with one attached hydrogen (secondary N) is 1. The number of hydrogen-bond acceptors (Lipinski definition) is 1. The van der Waals surface area contributed by atoms with Gasteiger partial charge in [-0.3, -0.25) is 0 Å². The highest BCUT2D eigenvalue weighted by atomic mass is 79.9. The van der Waals surface area contributed by atoms with Crippen molar-refractivity contribution in [2.24, 2.45) is 0 Å². The van der Waals surface area contributed by atoms with E-state index in [0.29, 0.717) is 0 Å². The van der Waals surface area contributed by atoms with Gasteiger partial charge in [-0.25, -0.2) is 4.79 Å². The Labute approximate surface area is 139 Å². The van der Waals surface area contributed by atoms with Crippen LogP contribution < -0.4 is 5.32 Å². The Morgan fingerprint density at radius 3 is 2.68 bits per heavy atom. The van der Waals surface area contributed by atoms with Crippen LogP contribution in [0.4, 0.5) is 10.5 Å². The molecule has 0 bridgehead atoms. The zero-order valence-electron chi connectivity index (χ0n) is 12.6. The topological polar surface area (TPSA) is 32.3 Å². The number of likely N-dealkylation sites (tertiary alicyclic amines) is 1. The summed E-state index contributed by atoms with van der Waals surface area (Å²) < 4.78 is 0.898. The number of halogens is 1. The maximum Gasteiger partial charge on any atom is 0.322 e. The van der Waals surface area contributed by atoms with Crippen molar-refractivity contribution in [1.29, 1.82) is 0 Å². The van der Waals surface area contributed by atoms with Crippen molar-refractivity contribution in [1.82, 2.24) is 4.90 Å². The maximum atomic E-state index is 12.7. The van der Waals surface area contributed by atoms with Crippen LogP contribution in [0.15, 0.2) is 53.0 Å². The van der Waals surface area contributed by atoms with Crippen LogP contribution in [0, 0.1) is 6.92 Å². The van der Waals surface area contributed by atoms with Gasteiger partial charge in [-0.15, -0.1) is 0 Å². The molecule has 0 aromatic heterocycles. The van der Waals surface area contributed by atoms with Gasteiger partial charge in [-0.2, -0.15) is 0 Å². The van der Waals surface area contributed by atoms with E-state index in [-0.39, 0.29) is 12.1 Å². The molecule has 2 amide bonds. The second kappa shape index (κ2) is 6.53. The average Bonchev–Trinajstić information content (AvgIpc) is 2.99. The largest absolute Gasteiger partial charge is 0.322 e. The summed E-state index contributed by atoms with van der Waals surface area (Å²) in [5.41, 5.74) is 3.30. The van der Waals surface area contributed by atoms with Gasteiger partial charge in [0, 0.05) is 11.0 Å². The van der Waals surface area contributed by atoms with Gasteiger partial charge in [0.2, 0.25) is 0 Å². The monoisotopic (exact) mass is 358 g/mol. The summed E-state index contributed by atoms with van der Waals surface area (Å²) in [4.78, 5) is 14.6. The molecular formula is C18H19BrN2O. The fraction of sp³-hybridized carbons (Fsp3) is 0.278. The van der Waals surface area contributed by atoms with Gasteiger partial charge in [0.25, 0.3) is 0 Å². The molecule has 1 N–H and O–H groups in total. The first-order valence-electron chi connectivity index (χ1n) is 7.54. The smallest absolute Gasteiger partial charge is 0.317 e. The van der Waals surface area contributed by atoms with E-state index in [2.05, 4.69) is 40.3 Å². The molecule has 4 heteroatoms. The summed E-state index contributed by atoms with van der Waals surface area (Å²) in [5.74, 6) is 0. The first-order chi connectivity index (χ1) is 10.7. The molecule has 2 aromatic carbocycles. The Hall–Kier alpha value is -1.81. The minimum absolute atomic E-state index is 0.0300. The fourth-order valence-corrected chi connectivity index (χ4v) is 3.43. The van der Waals surface area contributed by atoms with Crippen molar-refractivity contribution in [3.8, 4) is 0 Å². The first kappa shape index (κ1) is 15.1. The van der Waals surface area contributed by atoms with Gasteiger partial charge in [0.1, 0.15) is 0 Å². The van der Waals surface area contributed by atoms with Crippen molar-refractivity contribution in [2.45, 2.75) is 25.8 Å². The zero-order chi connectivity index (χ0) is 15.5. The van der Waals surface area contributed by atoms with Crippen LogP contribution in [-0.2, 0) is 0 Å². The predicted molar refractivity (Wildman–Crippen MR) is 93.0 cm³/mol. The molecule has 2 aromatic rings. The molecule has 1 saturated heterocycles. The van der Waals surface area contributed by atoms with Gasteiger partial charge in [0.05, 0.1) is 11.7 Å². The van der Waals surface area contributed by atoms with Crippen LogP contribution in [-0.4, -0.2) is 17.5 Å². The third-order valence-electron chi connectivity index (χ3n) is 4.18. The molecular weight excluding hydrogens is 340 g/mol. The second-order valence-corrected chi connectivity index (χ2v) is 6.47. The number of aryl methyl sites for hydroxylation is 1. The van der Waals surface area contributed by atoms with Crippen LogP contribution in [0.1, 0.15) is 30.0 Å². The van der Waals surface area contributed by atoms with Crippen LogP contribution in [0.2, 0.25) is 0 Å². The summed E-state index contributed by atoms with van der Waals surface area (Å²) in [7, 11) is 0. The summed E-state index contributed by atoms with van der Waals surface area (Å²) in [6.07, 6.45) is 2.07. The van der Waals surface area contributed by atoms with E-state index in [9.17, 15) is 4.79 Å². The molecule has 1 fully saturated rings. The number of rotatable bonds is 2. The third kappa shape index (κ3) is 3.02. The Bertz CT molecular complexity index is 686. The standard InChI is InChI=1S/C18H19BrN2O/c1-13-7-2-3-8-14(13)17-11-6-12-21(17)18(22)20-16-10-5-4-9-15(16)19/h2-5,7-10,17H,6,11-12H2,1H3,(H,20,22)/t17-/m1/s1. The highest BCUT2D eigenvalue weighted by Crippen LogP contribution is 2.34. The predicted octanol–water partition coefficient (Wildman–Crippen LogP) is 5.13. The molecule has 114 valence electrons. The number of nitrogens with zero attached hydrogens (tertiary/aromatic N) is 1. The lowest BCUT2D eigenvalue weighted by Gasteiger charge is -2.26. The molecule has 3 rings (SSSR count). The van der Waals surface area contributed by atoms with Gasteiger partial charge in [0.15, 0.2) is 0 Å². The summed E-state index contributed by atoms with van der Waals surface area (Å²) in [6.45, 7) is 2.91. The molecule has 1 heterocycles. The molecule has 1 aliphatic heterocycles. The molecule has 22 heavy (non-hydrogen) atoms. The number of hydrogen-bond donors (Lipinski definition) is 1. The number of para-hydroxylation sites is 1. The third-order valence-corrected chi connectivity index (χ3v) is 4.87. The minimum atomic E-state index is -0.0300. The van der Waals surface area contributed by atoms with Gasteiger partial charge in [-0.05, 0) is 59.0 Å². The first-order valence-corrected chi connectivity index (χ1v) is 8.34. The number of benzene rings is 2. The van der Waals surface area contributed by atoms with Crippen molar-refractivity contribution in [2.75, 3.05) is 11.9 Å². The summed E-state index contributed by atoms with van der Waals surface area (Å²) in [5, 5.41) is 3.01. The highest BCUT2D eigenvalue weighted by Gasteiger charge is 2.30. The molecule has 1 atom stereocenters. The zero-order valence-corrected chi connectivity index (χ0v) is 14.1. The molecule has 0 unspecified atom stereocenters. The minimum Gasteiger partial charge on any atom is -0.317 e. The van der Waals surface area contributed by atoms with Crippen LogP contribution in [0.5, 0.6) is 0 Å². The molecule has 0 spiro atoms. The summed E-state index contributed by atoms with van der Waals surface area (Å²) in [6, 6.07) is 16.2. The lowest BCUT2D eigenvalue weighted by atomic mass is 9.99. The van der Waals surface area contributed by atoms with Crippen LogP contribution >= 0.6 is 15.9 Å². The lowest BCUT2D eigenvalue weighted by molar-refractivity contribution is 0.207. The van der Waals surface area contributed by atoms with Crippen molar-refractivity contribution >= 4 is 27.6 Å². The van der Waals surface area contributed by atoms with Crippen molar-refractivity contribution in [3.05, 3.63) is 64.1 Å². The normalized spacial score (nSPS) is 17.5. The average molecular weight is 359 g/mol. The number of anilines is 1. The van der Waals surface area contributed by atoms with E-state index in [1.54, 1.807) is 0 Å². The quantitative estimate of drug-likeness (QED) is 0.792. The van der Waals surface area contributed by atoms with E-state index in [0.717, 1.165) is 29.5 Å². The van der Waals surface area contributed by atoms with Crippen LogP contribution in [0.25, 0.3) is 0 Å². The molecule has 0 radical (unpaired) electrons. The fourth-order valence-electron chi connectivity index (χ4n) is 3.04. The molecule has 1 aliphatic rings. The van der Waals surface area contributed by atoms with E-state index in [1.165, 1.54) is 11.1 Å². The van der Waals surface area contributed by atoms with Crippen molar-refractivity contribution in [3.63, 3.8) is 0 Å². The SMILES string of the molecule is Cc1ccccc1[C@H]1CCCN1C(=O)Nc1ccccc1Br. The van der Waals surface area contributed by atoms with E-state index in [4.69, 9.17) is 0 Å². The summed E-state index contributed by atoms with van der Waals surface area (Å²) >= 11 is 3.47. The van der Waals surface area contributed by atoms with Gasteiger partial charge >= 0.3 is 6.03 Å². The second-order valence-electron chi connectivity index (χ2n) is 5.62. The Morgan fingerprint density at radius 1 is 1.18 bits per heavy atom. The van der Waals surface area contributed by atoms with Gasteiger partial charge < -0.3 is 10.2 Å². The molecule has 0 saturated carbocycles. The van der Waals surface area contributed by atoms with E-state index >= 15 is 0 Å². The Kier molecular flexibility index (Phi) is 4.48. The number of urea groups is 1. The van der Waals surface area contributed by atoms with E-state index < -0.39 is 0 Å². The number of carbonyl (C=O) groups excluding carboxylic acids is 1. The number of carbonyl (C=O) groups is 1. The van der Waals surface area contributed by atoms with Crippen LogP contribution in [0.3, 0.4) is 0 Å². The lowest BCUT2D eigenvalue weighted by Crippen LogP contribution is -2.34. The van der Waals surface area contributed by atoms with E-state index in [1.807, 2.05) is 41.3 Å². The van der Waals surface area contributed by atoms with Gasteiger partial charge in [-0.1, -0.05) is 36.4 Å². The molecule has 0 aliphatic carbocycles. The highest BCUT2D eigenvalue weighted by molar-refractivity contribution is 9.10. The Balaban J connectivity index is 1.80. The maximum absolute atomic E-state index is 12.7. The number of amides is 2. The Morgan fingerprint density at radius 2 is 1.91 bits per heavy atom. The molecule has 3 nitrogen and oxygen atoms in total.